The van der Waals surface area contributed by atoms with Crippen LogP contribution in [0.15, 0.2) is 18.7 Å². The van der Waals surface area contributed by atoms with Gasteiger partial charge in [0.15, 0.2) is 0 Å². The SMILES string of the molecule is O=C(c1cncnc1)N1CCC(N(CCN2CCCCC2)C(=O)C2CC2)C1. The van der Waals surface area contributed by atoms with E-state index in [0.717, 1.165) is 45.4 Å². The van der Waals surface area contributed by atoms with E-state index in [1.165, 1.54) is 25.6 Å². The Kier molecular flexibility index (Phi) is 5.66. The highest BCUT2D eigenvalue weighted by Crippen LogP contribution is 2.33. The number of hydrogen-bond acceptors (Lipinski definition) is 5. The molecule has 0 radical (unpaired) electrons. The summed E-state index contributed by atoms with van der Waals surface area (Å²) in [7, 11) is 0. The molecule has 3 aliphatic rings. The Morgan fingerprint density at radius 3 is 2.48 bits per heavy atom. The van der Waals surface area contributed by atoms with Gasteiger partial charge < -0.3 is 14.7 Å². The third kappa shape index (κ3) is 4.46. The number of rotatable bonds is 6. The van der Waals surface area contributed by atoms with E-state index in [1.54, 1.807) is 12.4 Å². The predicted molar refractivity (Wildman–Crippen MR) is 101 cm³/mol. The van der Waals surface area contributed by atoms with Crippen LogP contribution in [0, 0.1) is 5.92 Å². The molecule has 1 saturated carbocycles. The molecule has 1 unspecified atom stereocenters. The fourth-order valence-electron chi connectivity index (χ4n) is 4.24. The van der Waals surface area contributed by atoms with Crippen LogP contribution in [0.4, 0.5) is 0 Å². The summed E-state index contributed by atoms with van der Waals surface area (Å²) in [6, 6.07) is 0.136. The molecule has 4 rings (SSSR count). The van der Waals surface area contributed by atoms with E-state index in [9.17, 15) is 9.59 Å². The number of likely N-dealkylation sites (tertiary alicyclic amines) is 2. The van der Waals surface area contributed by atoms with Crippen molar-refractivity contribution in [3.63, 3.8) is 0 Å². The van der Waals surface area contributed by atoms with Gasteiger partial charge >= 0.3 is 0 Å². The molecular weight excluding hydrogens is 342 g/mol. The van der Waals surface area contributed by atoms with Gasteiger partial charge in [-0.25, -0.2) is 9.97 Å². The van der Waals surface area contributed by atoms with Gasteiger partial charge in [-0.15, -0.1) is 0 Å². The van der Waals surface area contributed by atoms with E-state index >= 15 is 0 Å². The summed E-state index contributed by atoms with van der Waals surface area (Å²) in [6.45, 7) is 5.35. The molecule has 3 fully saturated rings. The van der Waals surface area contributed by atoms with Crippen LogP contribution < -0.4 is 0 Å². The number of nitrogens with zero attached hydrogens (tertiary/aromatic N) is 5. The highest BCUT2D eigenvalue weighted by Gasteiger charge is 2.39. The fourth-order valence-corrected chi connectivity index (χ4v) is 4.24. The van der Waals surface area contributed by atoms with Crippen LogP contribution >= 0.6 is 0 Å². The summed E-state index contributed by atoms with van der Waals surface area (Å²) in [5.41, 5.74) is 0.520. The highest BCUT2D eigenvalue weighted by atomic mass is 16.2. The molecule has 0 aromatic carbocycles. The van der Waals surface area contributed by atoms with Crippen molar-refractivity contribution in [3.05, 3.63) is 24.3 Å². The molecule has 146 valence electrons. The van der Waals surface area contributed by atoms with Gasteiger partial charge in [0.05, 0.1) is 11.6 Å². The Morgan fingerprint density at radius 1 is 1.04 bits per heavy atom. The van der Waals surface area contributed by atoms with Gasteiger partial charge in [0.25, 0.3) is 5.91 Å². The maximum absolute atomic E-state index is 12.9. The zero-order chi connectivity index (χ0) is 18.6. The molecule has 7 heteroatoms. The molecule has 0 spiro atoms. The summed E-state index contributed by atoms with van der Waals surface area (Å²) in [5.74, 6) is 0.487. The van der Waals surface area contributed by atoms with Crippen LogP contribution in [0.2, 0.25) is 0 Å². The molecule has 0 bridgehead atoms. The predicted octanol–water partition coefficient (Wildman–Crippen LogP) is 1.42. The Bertz CT molecular complexity index is 658. The Balaban J connectivity index is 1.38. The molecule has 27 heavy (non-hydrogen) atoms. The third-order valence-corrected chi connectivity index (χ3v) is 6.01. The standard InChI is InChI=1S/C20H29N5O2/c26-19(17-12-21-15-22-13-17)24-9-6-18(14-24)25(20(27)16-4-5-16)11-10-23-7-2-1-3-8-23/h12-13,15-16,18H,1-11,14H2. The van der Waals surface area contributed by atoms with Crippen molar-refractivity contribution in [1.29, 1.82) is 0 Å². The number of hydrogen-bond donors (Lipinski definition) is 0. The quantitative estimate of drug-likeness (QED) is 0.756. The average molecular weight is 371 g/mol. The van der Waals surface area contributed by atoms with E-state index in [-0.39, 0.29) is 17.9 Å². The van der Waals surface area contributed by atoms with Crippen LogP contribution in [0.1, 0.15) is 48.9 Å². The summed E-state index contributed by atoms with van der Waals surface area (Å²) in [6.07, 6.45) is 11.3. The monoisotopic (exact) mass is 371 g/mol. The first-order chi connectivity index (χ1) is 13.2. The number of aromatic nitrogens is 2. The Hall–Kier alpha value is -2.02. The number of amides is 2. The molecule has 1 aromatic heterocycles. The smallest absolute Gasteiger partial charge is 0.257 e. The first-order valence-corrected chi connectivity index (χ1v) is 10.3. The summed E-state index contributed by atoms with van der Waals surface area (Å²) < 4.78 is 0. The maximum atomic E-state index is 12.9. The van der Waals surface area contributed by atoms with Crippen molar-refractivity contribution in [2.24, 2.45) is 5.92 Å². The number of carbonyl (C=O) groups excluding carboxylic acids is 2. The van der Waals surface area contributed by atoms with Crippen molar-refractivity contribution in [1.82, 2.24) is 24.7 Å². The van der Waals surface area contributed by atoms with E-state index in [0.29, 0.717) is 24.6 Å². The first-order valence-electron chi connectivity index (χ1n) is 10.3. The van der Waals surface area contributed by atoms with E-state index in [4.69, 9.17) is 0 Å². The third-order valence-electron chi connectivity index (χ3n) is 6.01. The van der Waals surface area contributed by atoms with Gasteiger partial charge in [0, 0.05) is 44.5 Å². The van der Waals surface area contributed by atoms with Gasteiger partial charge in [-0.3, -0.25) is 9.59 Å². The average Bonchev–Trinajstić information content (AvgIpc) is 3.47. The molecule has 2 aliphatic heterocycles. The lowest BCUT2D eigenvalue weighted by Crippen LogP contribution is -2.47. The van der Waals surface area contributed by atoms with Gasteiger partial charge in [0.1, 0.15) is 6.33 Å². The molecular formula is C20H29N5O2. The van der Waals surface area contributed by atoms with Crippen molar-refractivity contribution < 1.29 is 9.59 Å². The molecule has 3 heterocycles. The maximum Gasteiger partial charge on any atom is 0.257 e. The van der Waals surface area contributed by atoms with E-state index < -0.39 is 0 Å². The highest BCUT2D eigenvalue weighted by molar-refractivity contribution is 5.93. The first kappa shape index (κ1) is 18.3. The Morgan fingerprint density at radius 2 is 1.78 bits per heavy atom. The van der Waals surface area contributed by atoms with E-state index in [1.807, 2.05) is 4.90 Å². The van der Waals surface area contributed by atoms with Gasteiger partial charge in [-0.2, -0.15) is 0 Å². The molecule has 1 aliphatic carbocycles. The second kappa shape index (κ2) is 8.33. The van der Waals surface area contributed by atoms with E-state index in [2.05, 4.69) is 19.8 Å². The molecule has 7 nitrogen and oxygen atoms in total. The minimum Gasteiger partial charge on any atom is -0.336 e. The van der Waals surface area contributed by atoms with Crippen LogP contribution in [0.3, 0.4) is 0 Å². The van der Waals surface area contributed by atoms with Gasteiger partial charge in [-0.1, -0.05) is 6.42 Å². The lowest BCUT2D eigenvalue weighted by Gasteiger charge is -2.33. The van der Waals surface area contributed by atoms with Gasteiger partial charge in [-0.05, 0) is 45.2 Å². The lowest BCUT2D eigenvalue weighted by molar-refractivity contribution is -0.135. The van der Waals surface area contributed by atoms with Crippen molar-refractivity contribution in [3.8, 4) is 0 Å². The van der Waals surface area contributed by atoms with Crippen LogP contribution in [0.5, 0.6) is 0 Å². The minimum atomic E-state index is -0.0343. The van der Waals surface area contributed by atoms with Crippen molar-refractivity contribution in [2.75, 3.05) is 39.3 Å². The molecule has 2 amide bonds. The zero-order valence-electron chi connectivity index (χ0n) is 15.9. The van der Waals surface area contributed by atoms with Crippen LogP contribution in [-0.2, 0) is 4.79 Å². The van der Waals surface area contributed by atoms with Crippen LogP contribution in [0.25, 0.3) is 0 Å². The molecule has 0 N–H and O–H groups in total. The summed E-state index contributed by atoms with van der Waals surface area (Å²) >= 11 is 0. The largest absolute Gasteiger partial charge is 0.336 e. The Labute approximate surface area is 160 Å². The fraction of sp³-hybridized carbons (Fsp3) is 0.700. The van der Waals surface area contributed by atoms with Crippen molar-refractivity contribution in [2.45, 2.75) is 44.6 Å². The summed E-state index contributed by atoms with van der Waals surface area (Å²) in [5, 5.41) is 0. The second-order valence-corrected chi connectivity index (χ2v) is 8.03. The number of piperidine rings is 1. The molecule has 2 saturated heterocycles. The molecule has 1 aromatic rings. The van der Waals surface area contributed by atoms with Gasteiger partial charge in [0.2, 0.25) is 5.91 Å². The topological polar surface area (TPSA) is 69.6 Å². The van der Waals surface area contributed by atoms with Crippen LogP contribution in [-0.4, -0.2) is 81.8 Å². The lowest BCUT2D eigenvalue weighted by atomic mass is 10.1. The minimum absolute atomic E-state index is 0.0343. The summed E-state index contributed by atoms with van der Waals surface area (Å²) in [4.78, 5) is 39.9. The number of carbonyl (C=O) groups is 2. The molecule has 1 atom stereocenters. The zero-order valence-corrected chi connectivity index (χ0v) is 15.9. The van der Waals surface area contributed by atoms with Crippen molar-refractivity contribution >= 4 is 11.8 Å². The second-order valence-electron chi connectivity index (χ2n) is 8.03. The normalized spacial score (nSPS) is 23.4.